The Balaban J connectivity index is 1.83. The number of allylic oxidation sites excluding steroid dienone is 2. The van der Waals surface area contributed by atoms with Crippen LogP contribution in [0.2, 0.25) is 0 Å². The maximum Gasteiger partial charge on any atom is 0.281 e. The Morgan fingerprint density at radius 2 is 1.71 bits per heavy atom. The fourth-order valence-electron chi connectivity index (χ4n) is 2.68. The summed E-state index contributed by atoms with van der Waals surface area (Å²) in [6.07, 6.45) is 5.55. The van der Waals surface area contributed by atoms with Crippen LogP contribution in [-0.2, 0) is 4.79 Å². The van der Waals surface area contributed by atoms with Gasteiger partial charge in [-0.2, -0.15) is 0 Å². The van der Waals surface area contributed by atoms with E-state index >= 15 is 0 Å². The van der Waals surface area contributed by atoms with Crippen molar-refractivity contribution < 1.29 is 4.79 Å². The van der Waals surface area contributed by atoms with Crippen LogP contribution in [0.4, 0.5) is 5.69 Å². The van der Waals surface area contributed by atoms with Gasteiger partial charge in [-0.3, -0.25) is 9.69 Å². The third-order valence-electron chi connectivity index (χ3n) is 3.69. The number of carbonyl (C=O) groups is 1. The smallest absolute Gasteiger partial charge is 0.281 e. The predicted molar refractivity (Wildman–Crippen MR) is 103 cm³/mol. The standard InChI is InChI=1S/C20H18N2OS/c1-14-11-15(2)13-17(12-14)22-19(23)18(21-20(22)24)10-6-9-16-7-4-3-5-8-16/h3-13H,1-2H3,(H,21,24)/b9-6+,18-10+. The molecule has 3 rings (SSSR count). The largest absolute Gasteiger partial charge is 0.327 e. The minimum Gasteiger partial charge on any atom is -0.327 e. The van der Waals surface area contributed by atoms with Crippen LogP contribution in [-0.4, -0.2) is 11.0 Å². The fourth-order valence-corrected chi connectivity index (χ4v) is 2.98. The number of amides is 1. The van der Waals surface area contributed by atoms with Crippen molar-refractivity contribution in [3.63, 3.8) is 0 Å². The molecular formula is C20H18N2OS. The van der Waals surface area contributed by atoms with Crippen LogP contribution in [0.25, 0.3) is 6.08 Å². The van der Waals surface area contributed by atoms with E-state index in [9.17, 15) is 4.79 Å². The Bertz CT molecular complexity index is 833. The first-order valence-electron chi connectivity index (χ1n) is 7.72. The highest BCUT2D eigenvalue weighted by Gasteiger charge is 2.31. The molecule has 1 aliphatic rings. The average Bonchev–Trinajstić information content (AvgIpc) is 2.81. The molecule has 1 heterocycles. The molecule has 0 unspecified atom stereocenters. The monoisotopic (exact) mass is 334 g/mol. The number of benzene rings is 2. The molecular weight excluding hydrogens is 316 g/mol. The summed E-state index contributed by atoms with van der Waals surface area (Å²) in [6.45, 7) is 4.01. The summed E-state index contributed by atoms with van der Waals surface area (Å²) in [4.78, 5) is 14.2. The van der Waals surface area contributed by atoms with Gasteiger partial charge in [0.1, 0.15) is 5.70 Å². The Hall–Kier alpha value is -2.72. The lowest BCUT2D eigenvalue weighted by atomic mass is 10.1. The molecule has 24 heavy (non-hydrogen) atoms. The summed E-state index contributed by atoms with van der Waals surface area (Å²) < 4.78 is 0. The van der Waals surface area contributed by atoms with Crippen molar-refractivity contribution in [2.75, 3.05) is 4.90 Å². The maximum atomic E-state index is 12.7. The van der Waals surface area contributed by atoms with Crippen LogP contribution >= 0.6 is 12.2 Å². The summed E-state index contributed by atoms with van der Waals surface area (Å²) in [5.41, 5.74) is 4.55. The van der Waals surface area contributed by atoms with Crippen molar-refractivity contribution in [1.29, 1.82) is 0 Å². The van der Waals surface area contributed by atoms with Crippen LogP contribution in [0.5, 0.6) is 0 Å². The zero-order valence-electron chi connectivity index (χ0n) is 13.6. The highest BCUT2D eigenvalue weighted by Crippen LogP contribution is 2.24. The zero-order valence-corrected chi connectivity index (χ0v) is 14.4. The molecule has 120 valence electrons. The van der Waals surface area contributed by atoms with Gasteiger partial charge in [-0.15, -0.1) is 0 Å². The number of thiocarbonyl (C=S) groups is 1. The molecule has 0 bridgehead atoms. The third kappa shape index (κ3) is 3.44. The predicted octanol–water partition coefficient (Wildman–Crippen LogP) is 4.12. The van der Waals surface area contributed by atoms with Gasteiger partial charge < -0.3 is 5.32 Å². The van der Waals surface area contributed by atoms with E-state index in [1.165, 1.54) is 4.90 Å². The Morgan fingerprint density at radius 3 is 2.38 bits per heavy atom. The van der Waals surface area contributed by atoms with Crippen molar-refractivity contribution in [2.45, 2.75) is 13.8 Å². The van der Waals surface area contributed by atoms with Gasteiger partial charge in [0.2, 0.25) is 0 Å². The minimum atomic E-state index is -0.136. The Labute approximate surface area is 147 Å². The summed E-state index contributed by atoms with van der Waals surface area (Å²) in [5.74, 6) is -0.136. The van der Waals surface area contributed by atoms with E-state index in [1.54, 1.807) is 6.08 Å². The van der Waals surface area contributed by atoms with Crippen molar-refractivity contribution in [1.82, 2.24) is 5.32 Å². The van der Waals surface area contributed by atoms with Crippen LogP contribution in [0.1, 0.15) is 16.7 Å². The number of rotatable bonds is 3. The molecule has 1 saturated heterocycles. The quantitative estimate of drug-likeness (QED) is 0.677. The second-order valence-corrected chi connectivity index (χ2v) is 6.15. The Morgan fingerprint density at radius 1 is 1.04 bits per heavy atom. The van der Waals surface area contributed by atoms with Gasteiger partial charge in [-0.05, 0) is 61.0 Å². The molecule has 0 aliphatic carbocycles. The molecule has 0 radical (unpaired) electrons. The minimum absolute atomic E-state index is 0.136. The normalized spacial score (nSPS) is 16.2. The van der Waals surface area contributed by atoms with E-state index < -0.39 is 0 Å². The number of carbonyl (C=O) groups excluding carboxylic acids is 1. The van der Waals surface area contributed by atoms with Crippen molar-refractivity contribution in [2.24, 2.45) is 0 Å². The first-order chi connectivity index (χ1) is 11.5. The number of nitrogens with zero attached hydrogens (tertiary/aromatic N) is 1. The van der Waals surface area contributed by atoms with Gasteiger partial charge in [0.15, 0.2) is 5.11 Å². The maximum absolute atomic E-state index is 12.7. The summed E-state index contributed by atoms with van der Waals surface area (Å²) >= 11 is 5.34. The van der Waals surface area contributed by atoms with Crippen LogP contribution in [0, 0.1) is 13.8 Å². The van der Waals surface area contributed by atoms with Gasteiger partial charge in [-0.1, -0.05) is 48.6 Å². The lowest BCUT2D eigenvalue weighted by molar-refractivity contribution is -0.113. The molecule has 2 aromatic rings. The second kappa shape index (κ2) is 6.81. The third-order valence-corrected chi connectivity index (χ3v) is 3.98. The van der Waals surface area contributed by atoms with Gasteiger partial charge in [0.25, 0.3) is 5.91 Å². The molecule has 1 N–H and O–H groups in total. The molecule has 1 fully saturated rings. The molecule has 2 aromatic carbocycles. The molecule has 0 spiro atoms. The number of aryl methyl sites for hydroxylation is 2. The first-order valence-corrected chi connectivity index (χ1v) is 8.12. The summed E-state index contributed by atoms with van der Waals surface area (Å²) in [7, 11) is 0. The topological polar surface area (TPSA) is 32.3 Å². The molecule has 1 amide bonds. The van der Waals surface area contributed by atoms with Gasteiger partial charge in [0, 0.05) is 0 Å². The van der Waals surface area contributed by atoms with E-state index in [0.29, 0.717) is 10.8 Å². The van der Waals surface area contributed by atoms with E-state index in [4.69, 9.17) is 12.2 Å². The van der Waals surface area contributed by atoms with Crippen LogP contribution in [0.15, 0.2) is 66.4 Å². The molecule has 1 aliphatic heterocycles. The average molecular weight is 334 g/mol. The Kier molecular flexibility index (Phi) is 4.58. The van der Waals surface area contributed by atoms with E-state index in [1.807, 2.05) is 68.5 Å². The van der Waals surface area contributed by atoms with Crippen molar-refractivity contribution in [3.8, 4) is 0 Å². The molecule has 0 atom stereocenters. The van der Waals surface area contributed by atoms with Gasteiger partial charge in [-0.25, -0.2) is 0 Å². The highest BCUT2D eigenvalue weighted by molar-refractivity contribution is 7.80. The van der Waals surface area contributed by atoms with Crippen molar-refractivity contribution in [3.05, 3.63) is 83.1 Å². The lowest BCUT2D eigenvalue weighted by Crippen LogP contribution is -2.30. The van der Waals surface area contributed by atoms with Crippen LogP contribution in [0.3, 0.4) is 0 Å². The summed E-state index contributed by atoms with van der Waals surface area (Å²) in [5, 5.41) is 3.40. The SMILES string of the molecule is Cc1cc(C)cc(N2C(=O)/C(=C\C=C\c3ccccc3)NC2=S)c1. The highest BCUT2D eigenvalue weighted by atomic mass is 32.1. The molecule has 0 saturated carbocycles. The number of nitrogens with one attached hydrogen (secondary N) is 1. The zero-order chi connectivity index (χ0) is 17.1. The summed E-state index contributed by atoms with van der Waals surface area (Å²) in [6, 6.07) is 15.9. The van der Waals surface area contributed by atoms with E-state index in [-0.39, 0.29) is 5.91 Å². The molecule has 0 aromatic heterocycles. The van der Waals surface area contributed by atoms with Crippen LogP contribution < -0.4 is 10.2 Å². The number of hydrogen-bond acceptors (Lipinski definition) is 2. The fraction of sp³-hybridized carbons (Fsp3) is 0.100. The second-order valence-electron chi connectivity index (χ2n) is 5.77. The van der Waals surface area contributed by atoms with E-state index in [0.717, 1.165) is 22.4 Å². The van der Waals surface area contributed by atoms with Gasteiger partial charge >= 0.3 is 0 Å². The molecule has 3 nitrogen and oxygen atoms in total. The first kappa shape index (κ1) is 16.1. The van der Waals surface area contributed by atoms with Gasteiger partial charge in [0.05, 0.1) is 5.69 Å². The van der Waals surface area contributed by atoms with Crippen molar-refractivity contribution >= 4 is 35.0 Å². The number of hydrogen-bond donors (Lipinski definition) is 1. The number of anilines is 1. The molecule has 4 heteroatoms. The lowest BCUT2D eigenvalue weighted by Gasteiger charge is -2.15. The van der Waals surface area contributed by atoms with E-state index in [2.05, 4.69) is 11.4 Å².